The lowest BCUT2D eigenvalue weighted by atomic mass is 9.84. The van der Waals surface area contributed by atoms with Crippen LogP contribution in [0.15, 0.2) is 55.6 Å². The molecule has 2 aliphatic rings. The molecule has 1 aromatic rings. The summed E-state index contributed by atoms with van der Waals surface area (Å²) in [6.07, 6.45) is 13.2. The average Bonchev–Trinajstić information content (AvgIpc) is 3.45. The number of esters is 1. The SMILES string of the molecule is C=CC[C@H](CC(=O)N1CCC[C@H]1CO)C(=O)N[C@H](COC(=O)[C@H](CC=C)Cc1ccccc1)CC1CCCCC1. The van der Waals surface area contributed by atoms with Gasteiger partial charge in [0, 0.05) is 13.0 Å². The Morgan fingerprint density at radius 1 is 1.00 bits per heavy atom. The van der Waals surface area contributed by atoms with E-state index in [0.29, 0.717) is 31.7 Å². The Morgan fingerprint density at radius 2 is 1.70 bits per heavy atom. The number of likely N-dealkylation sites (tertiary alicyclic amines) is 1. The van der Waals surface area contributed by atoms with Crippen LogP contribution >= 0.6 is 0 Å². The summed E-state index contributed by atoms with van der Waals surface area (Å²) in [5, 5.41) is 12.8. The number of aliphatic hydroxyl groups excluding tert-OH is 1. The number of benzene rings is 1. The summed E-state index contributed by atoms with van der Waals surface area (Å²) in [7, 11) is 0. The number of nitrogens with zero attached hydrogens (tertiary/aromatic N) is 1. The molecule has 1 saturated carbocycles. The lowest BCUT2D eigenvalue weighted by Crippen LogP contribution is -2.45. The van der Waals surface area contributed by atoms with E-state index >= 15 is 0 Å². The van der Waals surface area contributed by atoms with E-state index in [9.17, 15) is 19.5 Å². The fraction of sp³-hybridized carbons (Fsp3) is 0.606. The molecule has 1 saturated heterocycles. The number of hydrogen-bond acceptors (Lipinski definition) is 5. The standard InChI is InChI=1S/C33H48N2O5/c1-3-12-27(22-31(37)35-19-11-18-30(35)23-36)32(38)34-29(21-26-16-9-6-10-17-26)24-40-33(39)28(13-4-2)20-25-14-7-5-8-15-25/h3-5,7-8,14-15,26-30,36H,1-2,6,9-13,16-24H2,(H,34,38)/t27-,28-,29+,30+/m1/s1. The van der Waals surface area contributed by atoms with Gasteiger partial charge in [-0.1, -0.05) is 74.6 Å². The van der Waals surface area contributed by atoms with Crippen molar-refractivity contribution < 1.29 is 24.2 Å². The van der Waals surface area contributed by atoms with Crippen LogP contribution in [0.4, 0.5) is 0 Å². The van der Waals surface area contributed by atoms with Gasteiger partial charge in [-0.15, -0.1) is 13.2 Å². The molecule has 7 heteroatoms. The molecule has 0 aromatic heterocycles. The lowest BCUT2D eigenvalue weighted by Gasteiger charge is -2.29. The van der Waals surface area contributed by atoms with Gasteiger partial charge in [0.15, 0.2) is 0 Å². The highest BCUT2D eigenvalue weighted by Crippen LogP contribution is 2.28. The van der Waals surface area contributed by atoms with Crippen molar-refractivity contribution in [1.29, 1.82) is 0 Å². The van der Waals surface area contributed by atoms with Gasteiger partial charge in [-0.3, -0.25) is 14.4 Å². The number of nitrogens with one attached hydrogen (secondary N) is 1. The van der Waals surface area contributed by atoms with Gasteiger partial charge in [0.05, 0.1) is 30.5 Å². The minimum atomic E-state index is -0.555. The second-order valence-electron chi connectivity index (χ2n) is 11.5. The number of rotatable bonds is 16. The Balaban J connectivity index is 1.65. The van der Waals surface area contributed by atoms with E-state index in [1.807, 2.05) is 30.3 Å². The van der Waals surface area contributed by atoms with E-state index in [1.54, 1.807) is 17.1 Å². The molecule has 1 aromatic carbocycles. The number of carbonyl (C=O) groups is 3. The van der Waals surface area contributed by atoms with Crippen molar-refractivity contribution in [2.24, 2.45) is 17.8 Å². The Kier molecular flexibility index (Phi) is 13.4. The minimum absolute atomic E-state index is 0.0595. The van der Waals surface area contributed by atoms with Gasteiger partial charge >= 0.3 is 5.97 Å². The van der Waals surface area contributed by atoms with Crippen LogP contribution in [0.5, 0.6) is 0 Å². The van der Waals surface area contributed by atoms with Gasteiger partial charge in [-0.2, -0.15) is 0 Å². The van der Waals surface area contributed by atoms with Crippen LogP contribution in [-0.4, -0.2) is 59.6 Å². The first-order valence-corrected chi connectivity index (χ1v) is 15.1. The normalized spacial score (nSPS) is 19.8. The molecule has 1 aliphatic carbocycles. The zero-order chi connectivity index (χ0) is 28.7. The fourth-order valence-electron chi connectivity index (χ4n) is 6.14. The van der Waals surface area contributed by atoms with Crippen molar-refractivity contribution in [2.75, 3.05) is 19.8 Å². The van der Waals surface area contributed by atoms with Crippen molar-refractivity contribution in [1.82, 2.24) is 10.2 Å². The van der Waals surface area contributed by atoms with E-state index in [2.05, 4.69) is 18.5 Å². The van der Waals surface area contributed by atoms with E-state index in [4.69, 9.17) is 4.74 Å². The second-order valence-corrected chi connectivity index (χ2v) is 11.5. The number of ether oxygens (including phenoxy) is 1. The molecule has 1 aliphatic heterocycles. The van der Waals surface area contributed by atoms with Crippen LogP contribution < -0.4 is 5.32 Å². The molecule has 0 unspecified atom stereocenters. The first-order valence-electron chi connectivity index (χ1n) is 15.1. The maximum atomic E-state index is 13.5. The van der Waals surface area contributed by atoms with E-state index in [-0.39, 0.29) is 55.4 Å². The molecular formula is C33H48N2O5. The number of carbonyl (C=O) groups excluding carboxylic acids is 3. The van der Waals surface area contributed by atoms with Crippen LogP contribution in [0.1, 0.15) is 76.2 Å². The van der Waals surface area contributed by atoms with Crippen LogP contribution in [0.3, 0.4) is 0 Å². The molecule has 0 bridgehead atoms. The summed E-state index contributed by atoms with van der Waals surface area (Å²) < 4.78 is 5.84. The highest BCUT2D eigenvalue weighted by Gasteiger charge is 2.32. The molecule has 7 nitrogen and oxygen atoms in total. The summed E-state index contributed by atoms with van der Waals surface area (Å²) in [5.41, 5.74) is 1.07. The minimum Gasteiger partial charge on any atom is -0.463 e. The van der Waals surface area contributed by atoms with Gasteiger partial charge in [-0.25, -0.2) is 0 Å². The molecule has 2 amide bonds. The number of amides is 2. The Hall–Kier alpha value is -2.93. The van der Waals surface area contributed by atoms with Gasteiger partial charge in [0.25, 0.3) is 0 Å². The van der Waals surface area contributed by atoms with Gasteiger partial charge in [0.1, 0.15) is 6.61 Å². The second kappa shape index (κ2) is 17.0. The van der Waals surface area contributed by atoms with E-state index < -0.39 is 5.92 Å². The Labute approximate surface area is 240 Å². The third-order valence-corrected chi connectivity index (χ3v) is 8.38. The number of allylic oxidation sites excluding steroid dienone is 2. The summed E-state index contributed by atoms with van der Waals surface area (Å²) in [6.45, 7) is 8.28. The average molecular weight is 553 g/mol. The van der Waals surface area contributed by atoms with Crippen LogP contribution in [0.2, 0.25) is 0 Å². The van der Waals surface area contributed by atoms with Crippen molar-refractivity contribution in [3.63, 3.8) is 0 Å². The van der Waals surface area contributed by atoms with Crippen molar-refractivity contribution in [3.05, 3.63) is 61.2 Å². The summed E-state index contributed by atoms with van der Waals surface area (Å²) in [5.74, 6) is -1.02. The molecule has 3 rings (SSSR count). The molecular weight excluding hydrogens is 504 g/mol. The smallest absolute Gasteiger partial charge is 0.309 e. The summed E-state index contributed by atoms with van der Waals surface area (Å²) in [4.78, 5) is 41.4. The summed E-state index contributed by atoms with van der Waals surface area (Å²) in [6, 6.07) is 9.38. The molecule has 1 heterocycles. The molecule has 0 radical (unpaired) electrons. The van der Waals surface area contributed by atoms with Gasteiger partial charge < -0.3 is 20.1 Å². The molecule has 4 atom stereocenters. The third kappa shape index (κ3) is 9.92. The first-order chi connectivity index (χ1) is 19.4. The molecule has 2 fully saturated rings. The van der Waals surface area contributed by atoms with Crippen LogP contribution in [0.25, 0.3) is 0 Å². The maximum Gasteiger partial charge on any atom is 0.309 e. The molecule has 220 valence electrons. The lowest BCUT2D eigenvalue weighted by molar-refractivity contribution is -0.150. The monoisotopic (exact) mass is 552 g/mol. The Bertz CT molecular complexity index is 959. The quantitative estimate of drug-likeness (QED) is 0.223. The number of aliphatic hydroxyl groups is 1. The fourth-order valence-corrected chi connectivity index (χ4v) is 6.14. The van der Waals surface area contributed by atoms with E-state index in [0.717, 1.165) is 37.7 Å². The molecule has 2 N–H and O–H groups in total. The van der Waals surface area contributed by atoms with Crippen LogP contribution in [-0.2, 0) is 25.5 Å². The third-order valence-electron chi connectivity index (χ3n) is 8.38. The first kappa shape index (κ1) is 31.6. The zero-order valence-corrected chi connectivity index (χ0v) is 24.0. The highest BCUT2D eigenvalue weighted by molar-refractivity contribution is 5.86. The van der Waals surface area contributed by atoms with Crippen molar-refractivity contribution in [3.8, 4) is 0 Å². The highest BCUT2D eigenvalue weighted by atomic mass is 16.5. The van der Waals surface area contributed by atoms with Crippen molar-refractivity contribution in [2.45, 2.75) is 89.1 Å². The van der Waals surface area contributed by atoms with E-state index in [1.165, 1.54) is 19.3 Å². The Morgan fingerprint density at radius 3 is 2.38 bits per heavy atom. The molecule has 40 heavy (non-hydrogen) atoms. The topological polar surface area (TPSA) is 95.9 Å². The molecule has 0 spiro atoms. The van der Waals surface area contributed by atoms with Crippen LogP contribution in [0, 0.1) is 17.8 Å². The summed E-state index contributed by atoms with van der Waals surface area (Å²) >= 11 is 0. The predicted molar refractivity (Wildman–Crippen MR) is 157 cm³/mol. The maximum absolute atomic E-state index is 13.5. The number of hydrogen-bond donors (Lipinski definition) is 2. The van der Waals surface area contributed by atoms with Gasteiger partial charge in [-0.05, 0) is 50.0 Å². The largest absolute Gasteiger partial charge is 0.463 e. The van der Waals surface area contributed by atoms with Crippen molar-refractivity contribution >= 4 is 17.8 Å². The zero-order valence-electron chi connectivity index (χ0n) is 24.0. The predicted octanol–water partition coefficient (Wildman–Crippen LogP) is 4.99. The van der Waals surface area contributed by atoms with Gasteiger partial charge in [0.2, 0.25) is 11.8 Å².